The molecule has 3 aromatic rings. The zero-order valence-electron chi connectivity index (χ0n) is 14.2. The van der Waals surface area contributed by atoms with Crippen LogP contribution in [0.5, 0.6) is 0 Å². The summed E-state index contributed by atoms with van der Waals surface area (Å²) in [5.41, 5.74) is 0.388. The van der Waals surface area contributed by atoms with E-state index in [2.05, 4.69) is 20.4 Å². The zero-order chi connectivity index (χ0) is 18.8. The summed E-state index contributed by atoms with van der Waals surface area (Å²) in [6.45, 7) is 3.79. The molecule has 26 heavy (non-hydrogen) atoms. The van der Waals surface area contributed by atoms with Crippen LogP contribution >= 0.6 is 0 Å². The van der Waals surface area contributed by atoms with E-state index in [4.69, 9.17) is 5.11 Å². The Morgan fingerprint density at radius 3 is 2.88 bits per heavy atom. The Morgan fingerprint density at radius 1 is 1.42 bits per heavy atom. The molecular formula is C17H18FN5O3. The smallest absolute Gasteiger partial charge is 0.305 e. The van der Waals surface area contributed by atoms with E-state index in [-0.39, 0.29) is 18.4 Å². The molecule has 0 aliphatic heterocycles. The van der Waals surface area contributed by atoms with E-state index in [1.807, 2.05) is 13.8 Å². The average molecular weight is 359 g/mol. The third kappa shape index (κ3) is 3.56. The third-order valence-corrected chi connectivity index (χ3v) is 4.04. The molecule has 0 spiro atoms. The number of halogens is 1. The van der Waals surface area contributed by atoms with E-state index in [9.17, 15) is 14.0 Å². The summed E-state index contributed by atoms with van der Waals surface area (Å²) < 4.78 is 14.6. The summed E-state index contributed by atoms with van der Waals surface area (Å²) in [6, 6.07) is 3.72. The van der Waals surface area contributed by atoms with Crippen LogP contribution in [-0.4, -0.2) is 36.9 Å². The average Bonchev–Trinajstić information content (AvgIpc) is 2.98. The van der Waals surface area contributed by atoms with Crippen LogP contribution in [0, 0.1) is 11.7 Å². The Morgan fingerprint density at radius 2 is 2.19 bits per heavy atom. The maximum absolute atomic E-state index is 13.5. The molecule has 3 heterocycles. The van der Waals surface area contributed by atoms with Crippen molar-refractivity contribution in [3.05, 3.63) is 46.8 Å². The molecule has 0 saturated heterocycles. The number of aliphatic carboxylic acids is 1. The Labute approximate surface area is 147 Å². The molecule has 0 unspecified atom stereocenters. The standard InChI is InChI=1S/C17H18FN5O3/c1-9(2)12(6-16(25)26)21-14-3-4-15(24)23(22-14)13-8-20-17-11(13)5-10(18)7-19-17/h3-5,7-9,12H,6H2,1-2H3,(H,19,20)(H,21,22)(H,25,26)/t12-/m1/s1. The van der Waals surface area contributed by atoms with Gasteiger partial charge in [0.1, 0.15) is 17.3 Å². The van der Waals surface area contributed by atoms with Gasteiger partial charge < -0.3 is 15.4 Å². The highest BCUT2D eigenvalue weighted by atomic mass is 19.1. The minimum Gasteiger partial charge on any atom is -0.481 e. The first kappa shape index (κ1) is 17.6. The van der Waals surface area contributed by atoms with Crippen molar-refractivity contribution < 1.29 is 14.3 Å². The molecule has 8 nitrogen and oxygen atoms in total. The molecule has 0 amide bonds. The van der Waals surface area contributed by atoms with Crippen molar-refractivity contribution in [2.75, 3.05) is 5.32 Å². The van der Waals surface area contributed by atoms with Crippen molar-refractivity contribution in [3.63, 3.8) is 0 Å². The monoisotopic (exact) mass is 359 g/mol. The number of aromatic nitrogens is 4. The topological polar surface area (TPSA) is 113 Å². The normalized spacial score (nSPS) is 12.5. The molecule has 3 aromatic heterocycles. The molecule has 0 bridgehead atoms. The highest BCUT2D eigenvalue weighted by Crippen LogP contribution is 2.20. The molecule has 3 rings (SSSR count). The summed E-state index contributed by atoms with van der Waals surface area (Å²) in [6.07, 6.45) is 2.52. The van der Waals surface area contributed by atoms with Crippen LogP contribution in [0.4, 0.5) is 10.2 Å². The zero-order valence-corrected chi connectivity index (χ0v) is 14.2. The van der Waals surface area contributed by atoms with Gasteiger partial charge in [0.05, 0.1) is 18.3 Å². The SMILES string of the molecule is CC(C)[C@@H](CC(=O)O)Nc1ccc(=O)n(-c2c[nH]c3ncc(F)cc23)n1. The highest BCUT2D eigenvalue weighted by molar-refractivity contribution is 5.85. The van der Waals surface area contributed by atoms with Gasteiger partial charge in [0, 0.05) is 23.7 Å². The molecule has 0 fully saturated rings. The van der Waals surface area contributed by atoms with Crippen LogP contribution in [0.2, 0.25) is 0 Å². The van der Waals surface area contributed by atoms with Gasteiger partial charge >= 0.3 is 5.97 Å². The molecular weight excluding hydrogens is 341 g/mol. The number of carboxylic acid groups (broad SMARTS) is 1. The molecule has 0 saturated carbocycles. The molecule has 1 atom stereocenters. The minimum absolute atomic E-state index is 0.0414. The number of aromatic amines is 1. The summed E-state index contributed by atoms with van der Waals surface area (Å²) >= 11 is 0. The minimum atomic E-state index is -0.928. The van der Waals surface area contributed by atoms with E-state index in [0.717, 1.165) is 10.9 Å². The quantitative estimate of drug-likeness (QED) is 0.622. The second-order valence-corrected chi connectivity index (χ2v) is 6.28. The lowest BCUT2D eigenvalue weighted by molar-refractivity contribution is -0.137. The second-order valence-electron chi connectivity index (χ2n) is 6.28. The molecule has 0 aromatic carbocycles. The number of rotatable bonds is 6. The summed E-state index contributed by atoms with van der Waals surface area (Å²) in [4.78, 5) is 30.1. The van der Waals surface area contributed by atoms with Gasteiger partial charge in [-0.15, -0.1) is 5.10 Å². The second kappa shape index (κ2) is 6.95. The van der Waals surface area contributed by atoms with Crippen molar-refractivity contribution in [2.45, 2.75) is 26.3 Å². The van der Waals surface area contributed by atoms with Crippen molar-refractivity contribution in [1.29, 1.82) is 0 Å². The molecule has 3 N–H and O–H groups in total. The largest absolute Gasteiger partial charge is 0.481 e. The Hall–Kier alpha value is -3.23. The predicted molar refractivity (Wildman–Crippen MR) is 93.9 cm³/mol. The van der Waals surface area contributed by atoms with Crippen molar-refractivity contribution in [2.24, 2.45) is 5.92 Å². The van der Waals surface area contributed by atoms with E-state index < -0.39 is 17.3 Å². The molecule has 0 aliphatic rings. The van der Waals surface area contributed by atoms with Crippen LogP contribution in [-0.2, 0) is 4.79 Å². The van der Waals surface area contributed by atoms with Gasteiger partial charge in [-0.25, -0.2) is 9.37 Å². The molecule has 0 aliphatic carbocycles. The van der Waals surface area contributed by atoms with E-state index >= 15 is 0 Å². The number of nitrogens with zero attached hydrogens (tertiary/aromatic N) is 3. The number of fused-ring (bicyclic) bond motifs is 1. The number of anilines is 1. The van der Waals surface area contributed by atoms with Crippen molar-refractivity contribution >= 4 is 22.8 Å². The molecule has 136 valence electrons. The van der Waals surface area contributed by atoms with Gasteiger partial charge in [-0.1, -0.05) is 13.8 Å². The van der Waals surface area contributed by atoms with Crippen LogP contribution in [0.25, 0.3) is 16.7 Å². The lowest BCUT2D eigenvalue weighted by Crippen LogP contribution is -2.30. The van der Waals surface area contributed by atoms with Gasteiger partial charge in [0.25, 0.3) is 5.56 Å². The van der Waals surface area contributed by atoms with E-state index in [0.29, 0.717) is 22.5 Å². The predicted octanol–water partition coefficient (Wildman–Crippen LogP) is 2.16. The lowest BCUT2D eigenvalue weighted by Gasteiger charge is -2.21. The van der Waals surface area contributed by atoms with Crippen LogP contribution in [0.3, 0.4) is 0 Å². The van der Waals surface area contributed by atoms with Crippen molar-refractivity contribution in [1.82, 2.24) is 19.7 Å². The summed E-state index contributed by atoms with van der Waals surface area (Å²) in [7, 11) is 0. The molecule has 9 heteroatoms. The first-order valence-electron chi connectivity index (χ1n) is 8.07. The van der Waals surface area contributed by atoms with Gasteiger partial charge in [-0.3, -0.25) is 9.59 Å². The Kier molecular flexibility index (Phi) is 4.70. The fourth-order valence-corrected chi connectivity index (χ4v) is 2.63. The number of pyridine rings is 1. The van der Waals surface area contributed by atoms with Crippen LogP contribution < -0.4 is 10.9 Å². The summed E-state index contributed by atoms with van der Waals surface area (Å²) in [5, 5.41) is 16.8. The number of hydrogen-bond acceptors (Lipinski definition) is 5. The molecule has 0 radical (unpaired) electrons. The highest BCUT2D eigenvalue weighted by Gasteiger charge is 2.18. The van der Waals surface area contributed by atoms with Crippen molar-refractivity contribution in [3.8, 4) is 5.69 Å². The van der Waals surface area contributed by atoms with Gasteiger partial charge in [-0.2, -0.15) is 4.68 Å². The fraction of sp³-hybridized carbons (Fsp3) is 0.294. The Bertz CT molecular complexity index is 1010. The van der Waals surface area contributed by atoms with Gasteiger partial charge in [-0.05, 0) is 18.1 Å². The number of nitrogens with one attached hydrogen (secondary N) is 2. The third-order valence-electron chi connectivity index (χ3n) is 4.04. The fourth-order valence-electron chi connectivity index (χ4n) is 2.63. The number of H-pyrrole nitrogens is 1. The summed E-state index contributed by atoms with van der Waals surface area (Å²) in [5.74, 6) is -1.06. The first-order chi connectivity index (χ1) is 12.3. The van der Waals surface area contributed by atoms with Crippen LogP contribution in [0.15, 0.2) is 35.4 Å². The Balaban J connectivity index is 2.01. The van der Waals surface area contributed by atoms with E-state index in [1.54, 1.807) is 0 Å². The van der Waals surface area contributed by atoms with Gasteiger partial charge in [0.2, 0.25) is 0 Å². The maximum Gasteiger partial charge on any atom is 0.305 e. The number of carboxylic acids is 1. The number of hydrogen-bond donors (Lipinski definition) is 3. The van der Waals surface area contributed by atoms with E-state index in [1.165, 1.54) is 24.4 Å². The maximum atomic E-state index is 13.5. The number of carbonyl (C=O) groups is 1. The van der Waals surface area contributed by atoms with Gasteiger partial charge in [0.15, 0.2) is 0 Å². The van der Waals surface area contributed by atoms with Crippen LogP contribution in [0.1, 0.15) is 20.3 Å². The lowest BCUT2D eigenvalue weighted by atomic mass is 10.0. The first-order valence-corrected chi connectivity index (χ1v) is 8.07.